The maximum absolute atomic E-state index is 8.98. The van der Waals surface area contributed by atoms with E-state index in [9.17, 15) is 0 Å². The Balaban J connectivity index is 2.48. The van der Waals surface area contributed by atoms with E-state index in [0.717, 1.165) is 0 Å². The summed E-state index contributed by atoms with van der Waals surface area (Å²) in [6.45, 7) is 0. The normalized spacial score (nSPS) is 9.65. The number of anilines is 1. The molecule has 5 nitrogen and oxygen atoms in total. The summed E-state index contributed by atoms with van der Waals surface area (Å²) in [6.07, 6.45) is 0. The molecule has 0 aliphatic heterocycles. The maximum atomic E-state index is 8.98. The Morgan fingerprint density at radius 2 is 1.50 bits per heavy atom. The molecule has 2 N–H and O–H groups in total. The number of nitriles is 1. The topological polar surface area (TPSA) is 77.5 Å². The van der Waals surface area contributed by atoms with Crippen molar-refractivity contribution in [2.24, 2.45) is 0 Å². The monoisotopic (exact) mass is 270 g/mol. The predicted molar refractivity (Wildman–Crippen MR) is 75.2 cm³/mol. The number of nitrogens with zero attached hydrogens (tertiary/aromatic N) is 1. The molecular formula is C15H14N2O3. The number of methoxy groups -OCH3 is 2. The highest BCUT2D eigenvalue weighted by atomic mass is 16.5. The molecule has 0 saturated heterocycles. The van der Waals surface area contributed by atoms with Gasteiger partial charge in [-0.1, -0.05) is 12.1 Å². The van der Waals surface area contributed by atoms with E-state index < -0.39 is 0 Å². The fourth-order valence-electron chi connectivity index (χ4n) is 1.76. The Kier molecular flexibility index (Phi) is 3.96. The second-order valence-electron chi connectivity index (χ2n) is 3.92. The predicted octanol–water partition coefficient (Wildman–Crippen LogP) is 2.95. The van der Waals surface area contributed by atoms with Crippen LogP contribution in [0.2, 0.25) is 0 Å². The summed E-state index contributed by atoms with van der Waals surface area (Å²) in [5.74, 6) is 1.84. The van der Waals surface area contributed by atoms with Gasteiger partial charge >= 0.3 is 0 Å². The lowest BCUT2D eigenvalue weighted by Crippen LogP contribution is -1.98. The quantitative estimate of drug-likeness (QED) is 0.864. The second-order valence-corrected chi connectivity index (χ2v) is 3.92. The number of benzene rings is 2. The van der Waals surface area contributed by atoms with Gasteiger partial charge < -0.3 is 19.9 Å². The second kappa shape index (κ2) is 5.85. The summed E-state index contributed by atoms with van der Waals surface area (Å²) in [7, 11) is 3.08. The number of hydrogen-bond donors (Lipinski definition) is 1. The molecule has 0 aliphatic carbocycles. The standard InChI is InChI=1S/C15H14N2O3/c1-18-12-7-4-8-13(19-2)15(12)20-11-6-3-5-10(9-16)14(11)17/h3-8H,17H2,1-2H3. The average Bonchev–Trinajstić information content (AvgIpc) is 2.49. The van der Waals surface area contributed by atoms with E-state index in [1.165, 1.54) is 14.2 Å². The van der Waals surface area contributed by atoms with Gasteiger partial charge in [0, 0.05) is 0 Å². The van der Waals surface area contributed by atoms with Gasteiger partial charge in [-0.05, 0) is 24.3 Å². The first-order valence-corrected chi connectivity index (χ1v) is 5.88. The largest absolute Gasteiger partial charge is 0.493 e. The van der Waals surface area contributed by atoms with Crippen molar-refractivity contribution in [2.75, 3.05) is 20.0 Å². The molecule has 2 rings (SSSR count). The Bertz CT molecular complexity index is 640. The van der Waals surface area contributed by atoms with Crippen molar-refractivity contribution in [2.45, 2.75) is 0 Å². The van der Waals surface area contributed by atoms with Gasteiger partial charge in [0.2, 0.25) is 5.75 Å². The highest BCUT2D eigenvalue weighted by molar-refractivity contribution is 5.65. The summed E-state index contributed by atoms with van der Waals surface area (Å²) in [6, 6.07) is 12.3. The van der Waals surface area contributed by atoms with Gasteiger partial charge in [-0.15, -0.1) is 0 Å². The molecule has 0 fully saturated rings. The fraction of sp³-hybridized carbons (Fsp3) is 0.133. The molecule has 0 saturated carbocycles. The van der Waals surface area contributed by atoms with Crippen molar-refractivity contribution in [1.82, 2.24) is 0 Å². The van der Waals surface area contributed by atoms with E-state index in [1.807, 2.05) is 6.07 Å². The van der Waals surface area contributed by atoms with Crippen LogP contribution in [-0.2, 0) is 0 Å². The summed E-state index contributed by atoms with van der Waals surface area (Å²) in [4.78, 5) is 0. The molecule has 0 heterocycles. The van der Waals surface area contributed by atoms with E-state index in [1.54, 1.807) is 36.4 Å². The van der Waals surface area contributed by atoms with Gasteiger partial charge in [-0.25, -0.2) is 0 Å². The van der Waals surface area contributed by atoms with Crippen molar-refractivity contribution in [3.05, 3.63) is 42.0 Å². The lowest BCUT2D eigenvalue weighted by atomic mass is 10.2. The zero-order valence-electron chi connectivity index (χ0n) is 11.2. The zero-order valence-corrected chi connectivity index (χ0v) is 11.2. The molecule has 0 amide bonds. The lowest BCUT2D eigenvalue weighted by Gasteiger charge is -2.15. The molecule has 0 spiro atoms. The molecule has 0 radical (unpaired) electrons. The minimum Gasteiger partial charge on any atom is -0.493 e. The number of para-hydroxylation sites is 2. The van der Waals surface area contributed by atoms with E-state index in [4.69, 9.17) is 25.2 Å². The molecule has 0 unspecified atom stereocenters. The Labute approximate surface area is 117 Å². The van der Waals surface area contributed by atoms with Crippen LogP contribution in [-0.4, -0.2) is 14.2 Å². The van der Waals surface area contributed by atoms with Crippen LogP contribution in [0.5, 0.6) is 23.0 Å². The third kappa shape index (κ3) is 2.45. The molecular weight excluding hydrogens is 256 g/mol. The SMILES string of the molecule is COc1cccc(OC)c1Oc1cccc(C#N)c1N. The number of hydrogen-bond acceptors (Lipinski definition) is 5. The van der Waals surface area contributed by atoms with Crippen molar-refractivity contribution < 1.29 is 14.2 Å². The third-order valence-corrected chi connectivity index (χ3v) is 2.78. The van der Waals surface area contributed by atoms with Crippen LogP contribution < -0.4 is 19.9 Å². The van der Waals surface area contributed by atoms with Gasteiger partial charge in [0.15, 0.2) is 17.2 Å². The third-order valence-electron chi connectivity index (χ3n) is 2.78. The van der Waals surface area contributed by atoms with Crippen LogP contribution >= 0.6 is 0 Å². The van der Waals surface area contributed by atoms with Crippen LogP contribution in [0.15, 0.2) is 36.4 Å². The Morgan fingerprint density at radius 3 is 2.05 bits per heavy atom. The maximum Gasteiger partial charge on any atom is 0.211 e. The number of nitrogen functional groups attached to an aromatic ring is 1. The van der Waals surface area contributed by atoms with Crippen molar-refractivity contribution in [3.8, 4) is 29.1 Å². The van der Waals surface area contributed by atoms with Gasteiger partial charge in [0.05, 0.1) is 25.5 Å². The summed E-state index contributed by atoms with van der Waals surface area (Å²) in [5.41, 5.74) is 6.53. The summed E-state index contributed by atoms with van der Waals surface area (Å²) in [5, 5.41) is 8.98. The van der Waals surface area contributed by atoms with Crippen LogP contribution in [0, 0.1) is 11.3 Å². The van der Waals surface area contributed by atoms with Crippen molar-refractivity contribution in [1.29, 1.82) is 5.26 Å². The number of ether oxygens (including phenoxy) is 3. The van der Waals surface area contributed by atoms with Crippen molar-refractivity contribution in [3.63, 3.8) is 0 Å². The number of rotatable bonds is 4. The van der Waals surface area contributed by atoms with Crippen LogP contribution in [0.1, 0.15) is 5.56 Å². The minimum absolute atomic E-state index is 0.281. The van der Waals surface area contributed by atoms with Crippen LogP contribution in [0.4, 0.5) is 5.69 Å². The first kappa shape index (κ1) is 13.6. The zero-order chi connectivity index (χ0) is 14.5. The van der Waals surface area contributed by atoms with Crippen LogP contribution in [0.25, 0.3) is 0 Å². The Hall–Kier alpha value is -2.87. The van der Waals surface area contributed by atoms with Crippen molar-refractivity contribution >= 4 is 5.69 Å². The Morgan fingerprint density at radius 1 is 0.950 bits per heavy atom. The van der Waals surface area contributed by atoms with Gasteiger partial charge in [-0.2, -0.15) is 5.26 Å². The molecule has 2 aromatic rings. The first-order chi connectivity index (χ1) is 9.71. The highest BCUT2D eigenvalue weighted by Crippen LogP contribution is 2.41. The van der Waals surface area contributed by atoms with Gasteiger partial charge in [-0.3, -0.25) is 0 Å². The van der Waals surface area contributed by atoms with Gasteiger partial charge in [0.1, 0.15) is 6.07 Å². The smallest absolute Gasteiger partial charge is 0.211 e. The molecule has 20 heavy (non-hydrogen) atoms. The van der Waals surface area contributed by atoms with E-state index >= 15 is 0 Å². The molecule has 0 bridgehead atoms. The lowest BCUT2D eigenvalue weighted by molar-refractivity contribution is 0.347. The van der Waals surface area contributed by atoms with E-state index in [0.29, 0.717) is 28.6 Å². The highest BCUT2D eigenvalue weighted by Gasteiger charge is 2.14. The molecule has 0 aliphatic rings. The summed E-state index contributed by atoms with van der Waals surface area (Å²) < 4.78 is 16.3. The molecule has 0 atom stereocenters. The minimum atomic E-state index is 0.281. The first-order valence-electron chi connectivity index (χ1n) is 5.88. The summed E-state index contributed by atoms with van der Waals surface area (Å²) >= 11 is 0. The molecule has 102 valence electrons. The van der Waals surface area contributed by atoms with E-state index in [-0.39, 0.29) is 5.69 Å². The number of nitrogens with two attached hydrogens (primary N) is 1. The molecule has 5 heteroatoms. The molecule has 2 aromatic carbocycles. The molecule has 0 aromatic heterocycles. The fourth-order valence-corrected chi connectivity index (χ4v) is 1.76. The van der Waals surface area contributed by atoms with E-state index in [2.05, 4.69) is 0 Å². The average molecular weight is 270 g/mol. The van der Waals surface area contributed by atoms with Crippen LogP contribution in [0.3, 0.4) is 0 Å². The van der Waals surface area contributed by atoms with Gasteiger partial charge in [0.25, 0.3) is 0 Å².